The van der Waals surface area contributed by atoms with Crippen LogP contribution in [0.15, 0.2) is 48.5 Å². The summed E-state index contributed by atoms with van der Waals surface area (Å²) < 4.78 is 2.43. The van der Waals surface area contributed by atoms with E-state index >= 15 is 0 Å². The number of fused-ring (bicyclic) bond motifs is 1. The van der Waals surface area contributed by atoms with Crippen LogP contribution in [0.5, 0.6) is 0 Å². The lowest BCUT2D eigenvalue weighted by Gasteiger charge is -2.17. The Kier molecular flexibility index (Phi) is 5.80. The highest BCUT2D eigenvalue weighted by atomic mass is 15.1. The molecule has 0 radical (unpaired) electrons. The van der Waals surface area contributed by atoms with Gasteiger partial charge >= 0.3 is 0 Å². The topological polar surface area (TPSA) is 17.8 Å². The van der Waals surface area contributed by atoms with E-state index < -0.39 is 0 Å². The Morgan fingerprint density at radius 3 is 2.19 bits per heavy atom. The molecule has 0 saturated heterocycles. The van der Waals surface area contributed by atoms with Crippen molar-refractivity contribution in [1.82, 2.24) is 9.55 Å². The van der Waals surface area contributed by atoms with Gasteiger partial charge in [0.25, 0.3) is 0 Å². The number of hydrogen-bond acceptors (Lipinski definition) is 1. The number of para-hydroxylation sites is 2. The second-order valence-electron chi connectivity index (χ2n) is 8.35. The van der Waals surface area contributed by atoms with E-state index in [4.69, 9.17) is 4.98 Å². The summed E-state index contributed by atoms with van der Waals surface area (Å²) in [6, 6.07) is 17.7. The Hall–Kier alpha value is -2.09. The van der Waals surface area contributed by atoms with E-state index in [1.807, 2.05) is 0 Å². The molecule has 0 aliphatic carbocycles. The summed E-state index contributed by atoms with van der Waals surface area (Å²) in [5, 5.41) is 0. The maximum absolute atomic E-state index is 5.00. The zero-order valence-electron chi connectivity index (χ0n) is 16.9. The van der Waals surface area contributed by atoms with Gasteiger partial charge in [-0.3, -0.25) is 0 Å². The fourth-order valence-corrected chi connectivity index (χ4v) is 3.61. The Labute approximate surface area is 158 Å². The van der Waals surface area contributed by atoms with Crippen molar-refractivity contribution < 1.29 is 0 Å². The predicted molar refractivity (Wildman–Crippen MR) is 112 cm³/mol. The number of aromatic nitrogens is 2. The highest BCUT2D eigenvalue weighted by Gasteiger charge is 2.18. The van der Waals surface area contributed by atoms with Gasteiger partial charge in [-0.25, -0.2) is 4.98 Å². The van der Waals surface area contributed by atoms with Crippen molar-refractivity contribution in [3.8, 4) is 0 Å². The monoisotopic (exact) mass is 348 g/mol. The van der Waals surface area contributed by atoms with E-state index in [9.17, 15) is 0 Å². The van der Waals surface area contributed by atoms with Crippen LogP contribution in [-0.4, -0.2) is 9.55 Å². The minimum atomic E-state index is 0.294. The van der Waals surface area contributed by atoms with Gasteiger partial charge in [0.2, 0.25) is 0 Å². The van der Waals surface area contributed by atoms with Crippen LogP contribution in [0.2, 0.25) is 0 Å². The van der Waals surface area contributed by atoms with Crippen LogP contribution in [0.1, 0.15) is 63.9 Å². The third-order valence-electron chi connectivity index (χ3n) is 5.13. The molecule has 0 aliphatic rings. The average Bonchev–Trinajstić information content (AvgIpc) is 2.98. The first-order valence-corrected chi connectivity index (χ1v) is 9.99. The number of hydrogen-bond donors (Lipinski definition) is 0. The van der Waals surface area contributed by atoms with Crippen LogP contribution in [0, 0.1) is 11.8 Å². The standard InChI is InChI=1S/C24H32N2/c1-17(2)14-15-26-23-9-7-6-8-22(23)25-24(26)19(5)21-12-10-20(11-13-21)16-18(3)4/h6-13,17-19H,14-16H2,1-5H3. The number of benzene rings is 2. The molecule has 0 spiro atoms. The molecule has 138 valence electrons. The Morgan fingerprint density at radius 2 is 1.54 bits per heavy atom. The Balaban J connectivity index is 1.94. The van der Waals surface area contributed by atoms with Crippen LogP contribution < -0.4 is 0 Å². The molecule has 3 aromatic rings. The van der Waals surface area contributed by atoms with Gasteiger partial charge in [0.05, 0.1) is 11.0 Å². The van der Waals surface area contributed by atoms with E-state index in [0.717, 1.165) is 18.5 Å². The van der Waals surface area contributed by atoms with Crippen molar-refractivity contribution >= 4 is 11.0 Å². The second-order valence-corrected chi connectivity index (χ2v) is 8.35. The lowest BCUT2D eigenvalue weighted by molar-refractivity contribution is 0.508. The maximum Gasteiger partial charge on any atom is 0.117 e. The Morgan fingerprint density at radius 1 is 0.846 bits per heavy atom. The summed E-state index contributed by atoms with van der Waals surface area (Å²) in [4.78, 5) is 5.00. The smallest absolute Gasteiger partial charge is 0.117 e. The van der Waals surface area contributed by atoms with Gasteiger partial charge in [0.1, 0.15) is 5.82 Å². The van der Waals surface area contributed by atoms with E-state index in [-0.39, 0.29) is 0 Å². The summed E-state index contributed by atoms with van der Waals surface area (Å²) in [6.45, 7) is 12.4. The SMILES string of the molecule is CC(C)CCn1c(C(C)c2ccc(CC(C)C)cc2)nc2ccccc21. The number of imidazole rings is 1. The quantitative estimate of drug-likeness (QED) is 0.481. The van der Waals surface area contributed by atoms with Crippen molar-refractivity contribution in [3.63, 3.8) is 0 Å². The number of aryl methyl sites for hydroxylation is 1. The van der Waals surface area contributed by atoms with Gasteiger partial charge in [0.15, 0.2) is 0 Å². The molecule has 1 aromatic heterocycles. The molecule has 1 heterocycles. The largest absolute Gasteiger partial charge is 0.327 e. The molecule has 0 fully saturated rings. The fourth-order valence-electron chi connectivity index (χ4n) is 3.61. The van der Waals surface area contributed by atoms with Gasteiger partial charge in [-0.2, -0.15) is 0 Å². The van der Waals surface area contributed by atoms with E-state index in [0.29, 0.717) is 17.8 Å². The lowest BCUT2D eigenvalue weighted by Crippen LogP contribution is -2.10. The maximum atomic E-state index is 5.00. The molecule has 3 rings (SSSR count). The van der Waals surface area contributed by atoms with E-state index in [1.165, 1.54) is 28.9 Å². The summed E-state index contributed by atoms with van der Waals surface area (Å²) in [6.07, 6.45) is 2.31. The third-order valence-corrected chi connectivity index (χ3v) is 5.13. The minimum absolute atomic E-state index is 0.294. The molecule has 0 bridgehead atoms. The van der Waals surface area contributed by atoms with Crippen molar-refractivity contribution in [2.45, 2.75) is 59.9 Å². The molecule has 0 saturated carbocycles. The highest BCUT2D eigenvalue weighted by molar-refractivity contribution is 5.76. The first-order chi connectivity index (χ1) is 12.5. The lowest BCUT2D eigenvalue weighted by atomic mass is 9.96. The molecule has 2 nitrogen and oxygen atoms in total. The van der Waals surface area contributed by atoms with Crippen LogP contribution >= 0.6 is 0 Å². The van der Waals surface area contributed by atoms with Crippen LogP contribution in [0.4, 0.5) is 0 Å². The van der Waals surface area contributed by atoms with Gasteiger partial charge in [0, 0.05) is 12.5 Å². The van der Waals surface area contributed by atoms with Gasteiger partial charge in [-0.15, -0.1) is 0 Å². The molecule has 1 atom stereocenters. The third kappa shape index (κ3) is 4.17. The molecular formula is C24H32N2. The molecule has 1 unspecified atom stereocenters. The summed E-state index contributed by atoms with van der Waals surface area (Å²) >= 11 is 0. The molecule has 0 amide bonds. The normalized spacial score (nSPS) is 13.0. The van der Waals surface area contributed by atoms with Gasteiger partial charge in [-0.1, -0.05) is 71.0 Å². The first-order valence-electron chi connectivity index (χ1n) is 9.99. The fraction of sp³-hybridized carbons (Fsp3) is 0.458. The van der Waals surface area contributed by atoms with E-state index in [2.05, 4.69) is 87.7 Å². The van der Waals surface area contributed by atoms with Crippen molar-refractivity contribution in [1.29, 1.82) is 0 Å². The van der Waals surface area contributed by atoms with Crippen molar-refractivity contribution in [3.05, 3.63) is 65.5 Å². The predicted octanol–water partition coefficient (Wildman–Crippen LogP) is 6.43. The summed E-state index contributed by atoms with van der Waals surface area (Å²) in [5.41, 5.74) is 5.13. The summed E-state index contributed by atoms with van der Waals surface area (Å²) in [5.74, 6) is 2.86. The van der Waals surface area contributed by atoms with Crippen LogP contribution in [-0.2, 0) is 13.0 Å². The molecule has 2 aromatic carbocycles. The molecule has 26 heavy (non-hydrogen) atoms. The molecular weight excluding hydrogens is 316 g/mol. The first kappa shape index (κ1) is 18.7. The molecule has 0 aliphatic heterocycles. The zero-order valence-corrected chi connectivity index (χ0v) is 16.9. The van der Waals surface area contributed by atoms with Crippen molar-refractivity contribution in [2.24, 2.45) is 11.8 Å². The van der Waals surface area contributed by atoms with Crippen LogP contribution in [0.25, 0.3) is 11.0 Å². The number of nitrogens with zero attached hydrogens (tertiary/aromatic N) is 2. The summed E-state index contributed by atoms with van der Waals surface area (Å²) in [7, 11) is 0. The molecule has 2 heteroatoms. The van der Waals surface area contributed by atoms with Crippen molar-refractivity contribution in [2.75, 3.05) is 0 Å². The second kappa shape index (κ2) is 8.07. The average molecular weight is 349 g/mol. The van der Waals surface area contributed by atoms with Crippen LogP contribution in [0.3, 0.4) is 0 Å². The highest BCUT2D eigenvalue weighted by Crippen LogP contribution is 2.28. The Bertz CT molecular complexity index is 840. The number of rotatable bonds is 7. The van der Waals surface area contributed by atoms with E-state index in [1.54, 1.807) is 0 Å². The van der Waals surface area contributed by atoms with Gasteiger partial charge in [-0.05, 0) is 47.9 Å². The minimum Gasteiger partial charge on any atom is -0.327 e. The zero-order chi connectivity index (χ0) is 18.7. The van der Waals surface area contributed by atoms with Gasteiger partial charge < -0.3 is 4.57 Å². The molecule has 0 N–H and O–H groups in total.